The third-order valence-electron chi connectivity index (χ3n) is 4.54. The van der Waals surface area contributed by atoms with Gasteiger partial charge in [0.2, 0.25) is 11.7 Å². The fraction of sp³-hybridized carbons (Fsp3) is 0.150. The molecule has 0 aliphatic rings. The number of rotatable bonds is 3. The number of benzene rings is 2. The van der Waals surface area contributed by atoms with E-state index >= 15 is 0 Å². The molecule has 5 rings (SSSR count). The number of nitrogens with one attached hydrogen (secondary N) is 1. The molecule has 0 spiro atoms. The van der Waals surface area contributed by atoms with Crippen LogP contribution in [0.5, 0.6) is 0 Å². The van der Waals surface area contributed by atoms with Crippen LogP contribution in [0.15, 0.2) is 59.4 Å². The standard InChI is InChI=1S/C20H17N5OS/c1-12(2)24-19(21-13-8-4-3-5-9-13)23-25-18(26)17-16(22-20(24)25)14-10-6-7-11-15(14)27-17/h3-12H,1-2H3,(H,21,23). The zero-order valence-corrected chi connectivity index (χ0v) is 15.7. The van der Waals surface area contributed by atoms with Gasteiger partial charge in [-0.3, -0.25) is 9.36 Å². The molecule has 6 nitrogen and oxygen atoms in total. The van der Waals surface area contributed by atoms with Gasteiger partial charge in [0.25, 0.3) is 5.56 Å². The number of fused-ring (bicyclic) bond motifs is 4. The molecule has 0 saturated carbocycles. The molecule has 1 N–H and O–H groups in total. The SMILES string of the molecule is CC(C)n1c(Nc2ccccc2)nn2c(=O)c3sc4ccccc4c3nc12. The average Bonchev–Trinajstić information content (AvgIpc) is 3.22. The molecule has 0 radical (unpaired) electrons. The van der Waals surface area contributed by atoms with Crippen molar-refractivity contribution in [1.82, 2.24) is 19.2 Å². The van der Waals surface area contributed by atoms with Crippen molar-refractivity contribution >= 4 is 49.1 Å². The highest BCUT2D eigenvalue weighted by Crippen LogP contribution is 2.31. The zero-order chi connectivity index (χ0) is 18.5. The summed E-state index contributed by atoms with van der Waals surface area (Å²) in [6, 6.07) is 17.9. The summed E-state index contributed by atoms with van der Waals surface area (Å²) in [5, 5.41) is 8.86. The Labute approximate surface area is 158 Å². The van der Waals surface area contributed by atoms with E-state index in [2.05, 4.69) is 24.3 Å². The molecule has 27 heavy (non-hydrogen) atoms. The molecule has 3 aromatic heterocycles. The fourth-order valence-corrected chi connectivity index (χ4v) is 4.38. The molecular formula is C20H17N5OS. The van der Waals surface area contributed by atoms with Gasteiger partial charge in [0.1, 0.15) is 4.70 Å². The van der Waals surface area contributed by atoms with Gasteiger partial charge >= 0.3 is 0 Å². The highest BCUT2D eigenvalue weighted by atomic mass is 32.1. The van der Waals surface area contributed by atoms with Crippen molar-refractivity contribution in [3.63, 3.8) is 0 Å². The van der Waals surface area contributed by atoms with Crippen molar-refractivity contribution < 1.29 is 0 Å². The summed E-state index contributed by atoms with van der Waals surface area (Å²) in [6.07, 6.45) is 0. The maximum absolute atomic E-state index is 13.1. The minimum absolute atomic E-state index is 0.0861. The van der Waals surface area contributed by atoms with E-state index < -0.39 is 0 Å². The first-order chi connectivity index (χ1) is 13.1. The smallest absolute Gasteiger partial charge is 0.293 e. The first-order valence-electron chi connectivity index (χ1n) is 8.78. The summed E-state index contributed by atoms with van der Waals surface area (Å²) in [4.78, 5) is 18.0. The molecule has 134 valence electrons. The van der Waals surface area contributed by atoms with Crippen LogP contribution in [-0.2, 0) is 0 Å². The largest absolute Gasteiger partial charge is 0.324 e. The molecule has 0 atom stereocenters. The molecule has 0 aliphatic heterocycles. The number of aromatic nitrogens is 4. The minimum atomic E-state index is -0.133. The molecular weight excluding hydrogens is 358 g/mol. The molecule has 0 saturated heterocycles. The van der Waals surface area contributed by atoms with Gasteiger partial charge in [-0.1, -0.05) is 36.4 Å². The van der Waals surface area contributed by atoms with Gasteiger partial charge in [0.05, 0.1) is 5.52 Å². The number of para-hydroxylation sites is 1. The maximum atomic E-state index is 13.1. The number of anilines is 2. The lowest BCUT2D eigenvalue weighted by Gasteiger charge is -2.12. The van der Waals surface area contributed by atoms with Gasteiger partial charge in [-0.25, -0.2) is 4.98 Å². The Balaban J connectivity index is 1.83. The number of hydrogen-bond acceptors (Lipinski definition) is 5. The van der Waals surface area contributed by atoms with Gasteiger partial charge < -0.3 is 5.32 Å². The molecule has 5 aromatic rings. The molecule has 0 amide bonds. The van der Waals surface area contributed by atoms with E-state index in [9.17, 15) is 4.79 Å². The highest BCUT2D eigenvalue weighted by molar-refractivity contribution is 7.25. The van der Waals surface area contributed by atoms with Crippen LogP contribution in [0, 0.1) is 0 Å². The highest BCUT2D eigenvalue weighted by Gasteiger charge is 2.20. The second-order valence-corrected chi connectivity index (χ2v) is 7.74. The predicted molar refractivity (Wildman–Crippen MR) is 110 cm³/mol. The van der Waals surface area contributed by atoms with Crippen LogP contribution in [0.25, 0.3) is 26.1 Å². The van der Waals surface area contributed by atoms with E-state index in [-0.39, 0.29) is 11.6 Å². The van der Waals surface area contributed by atoms with Crippen LogP contribution in [0.2, 0.25) is 0 Å². The van der Waals surface area contributed by atoms with Gasteiger partial charge in [-0.05, 0) is 32.0 Å². The number of nitrogens with zero attached hydrogens (tertiary/aromatic N) is 4. The van der Waals surface area contributed by atoms with Gasteiger partial charge in [-0.2, -0.15) is 4.52 Å². The second-order valence-electron chi connectivity index (χ2n) is 6.68. The molecule has 3 heterocycles. The molecule has 0 aliphatic carbocycles. The fourth-order valence-electron chi connectivity index (χ4n) is 3.32. The zero-order valence-electron chi connectivity index (χ0n) is 14.9. The Kier molecular flexibility index (Phi) is 3.51. The van der Waals surface area contributed by atoms with Gasteiger partial charge in [0, 0.05) is 21.8 Å². The Morgan fingerprint density at radius 2 is 1.78 bits per heavy atom. The quantitative estimate of drug-likeness (QED) is 0.501. The lowest BCUT2D eigenvalue weighted by atomic mass is 10.2. The van der Waals surface area contributed by atoms with Crippen LogP contribution in [0.1, 0.15) is 19.9 Å². The summed E-state index contributed by atoms with van der Waals surface area (Å²) in [5.74, 6) is 1.15. The molecule has 0 fully saturated rings. The summed E-state index contributed by atoms with van der Waals surface area (Å²) in [6.45, 7) is 4.11. The Bertz CT molecular complexity index is 1350. The molecule has 0 bridgehead atoms. The Hall–Kier alpha value is -3.19. The average molecular weight is 375 g/mol. The third kappa shape index (κ3) is 2.43. The van der Waals surface area contributed by atoms with E-state index in [1.165, 1.54) is 15.9 Å². The summed E-state index contributed by atoms with van der Waals surface area (Å²) < 4.78 is 5.06. The lowest BCUT2D eigenvalue weighted by Crippen LogP contribution is -2.15. The van der Waals surface area contributed by atoms with E-state index in [0.29, 0.717) is 16.4 Å². The minimum Gasteiger partial charge on any atom is -0.324 e. The normalized spacial score (nSPS) is 11.8. The first kappa shape index (κ1) is 16.0. The summed E-state index contributed by atoms with van der Waals surface area (Å²) >= 11 is 1.47. The summed E-state index contributed by atoms with van der Waals surface area (Å²) in [7, 11) is 0. The third-order valence-corrected chi connectivity index (χ3v) is 5.69. The van der Waals surface area contributed by atoms with Crippen LogP contribution >= 0.6 is 11.3 Å². The maximum Gasteiger partial charge on any atom is 0.293 e. The molecule has 0 unspecified atom stereocenters. The predicted octanol–water partition coefficient (Wildman–Crippen LogP) is 4.58. The van der Waals surface area contributed by atoms with Crippen LogP contribution in [-0.4, -0.2) is 19.2 Å². The van der Waals surface area contributed by atoms with E-state index in [0.717, 1.165) is 21.3 Å². The Morgan fingerprint density at radius 1 is 1.04 bits per heavy atom. The summed E-state index contributed by atoms with van der Waals surface area (Å²) in [5.41, 5.74) is 1.52. The van der Waals surface area contributed by atoms with E-state index in [1.807, 2.05) is 59.2 Å². The van der Waals surface area contributed by atoms with E-state index in [4.69, 9.17) is 4.98 Å². The lowest BCUT2D eigenvalue weighted by molar-refractivity contribution is 0.619. The van der Waals surface area contributed by atoms with Crippen molar-refractivity contribution in [3.8, 4) is 0 Å². The van der Waals surface area contributed by atoms with Crippen molar-refractivity contribution in [2.75, 3.05) is 5.32 Å². The molecule has 2 aromatic carbocycles. The van der Waals surface area contributed by atoms with Crippen LogP contribution in [0.4, 0.5) is 11.6 Å². The van der Waals surface area contributed by atoms with Crippen LogP contribution in [0.3, 0.4) is 0 Å². The van der Waals surface area contributed by atoms with Crippen molar-refractivity contribution in [1.29, 1.82) is 0 Å². The van der Waals surface area contributed by atoms with Gasteiger partial charge in [-0.15, -0.1) is 16.4 Å². The number of thiophene rings is 1. The van der Waals surface area contributed by atoms with E-state index in [1.54, 1.807) is 0 Å². The van der Waals surface area contributed by atoms with Crippen molar-refractivity contribution in [2.24, 2.45) is 0 Å². The van der Waals surface area contributed by atoms with Crippen LogP contribution < -0.4 is 10.9 Å². The van der Waals surface area contributed by atoms with Crippen molar-refractivity contribution in [2.45, 2.75) is 19.9 Å². The molecule has 7 heteroatoms. The second kappa shape index (κ2) is 5.92. The Morgan fingerprint density at radius 3 is 2.56 bits per heavy atom. The number of hydrogen-bond donors (Lipinski definition) is 1. The van der Waals surface area contributed by atoms with Crippen molar-refractivity contribution in [3.05, 3.63) is 65.0 Å². The monoisotopic (exact) mass is 375 g/mol. The topological polar surface area (TPSA) is 64.2 Å². The first-order valence-corrected chi connectivity index (χ1v) is 9.60. The van der Waals surface area contributed by atoms with Gasteiger partial charge in [0.15, 0.2) is 0 Å².